The number of rotatable bonds is 1. The Morgan fingerprint density at radius 1 is 1.50 bits per heavy atom. The van der Waals surface area contributed by atoms with Gasteiger partial charge in [0, 0.05) is 0 Å². The molecule has 0 heterocycles. The summed E-state index contributed by atoms with van der Waals surface area (Å²) in [6, 6.07) is 0. The molecule has 1 atom stereocenters. The maximum absolute atomic E-state index is 11.0. The van der Waals surface area contributed by atoms with Crippen molar-refractivity contribution in [2.75, 3.05) is 0 Å². The second kappa shape index (κ2) is 2.77. The van der Waals surface area contributed by atoms with Crippen LogP contribution in [0.25, 0.3) is 0 Å². The number of allylic oxidation sites excluding steroid dienone is 2. The van der Waals surface area contributed by atoms with Crippen LogP contribution in [-0.4, -0.2) is 5.91 Å². The summed E-state index contributed by atoms with van der Waals surface area (Å²) in [7, 11) is 0. The van der Waals surface area contributed by atoms with Gasteiger partial charge >= 0.3 is 0 Å². The Bertz CT molecular complexity index is 256. The van der Waals surface area contributed by atoms with E-state index in [1.807, 2.05) is 18.2 Å². The van der Waals surface area contributed by atoms with Gasteiger partial charge in [0.25, 0.3) is 0 Å². The van der Waals surface area contributed by atoms with Crippen LogP contribution >= 0.6 is 0 Å². The molecule has 2 N–H and O–H groups in total. The lowest BCUT2D eigenvalue weighted by atomic mass is 9.80. The Morgan fingerprint density at radius 2 is 2.08 bits per heavy atom. The Balaban J connectivity index is 2.89. The molecule has 0 aromatic rings. The normalized spacial score (nSPS) is 22.6. The first-order valence-electron chi connectivity index (χ1n) is 4.11. The largest absolute Gasteiger partial charge is 0.369 e. The number of carbonyl (C=O) groups excluding carboxylic acids is 1. The topological polar surface area (TPSA) is 43.1 Å². The SMILES string of the molecule is CC(C)(C)C1=CC=CC1C(N)=O. The highest BCUT2D eigenvalue weighted by atomic mass is 16.1. The van der Waals surface area contributed by atoms with E-state index in [1.165, 1.54) is 0 Å². The lowest BCUT2D eigenvalue weighted by molar-refractivity contribution is -0.119. The standard InChI is InChI=1S/C10H15NO/c1-10(2,3)8-6-4-5-7(8)9(11)12/h4-7H,1-3H3,(H2,11,12). The van der Waals surface area contributed by atoms with Crippen molar-refractivity contribution in [2.45, 2.75) is 20.8 Å². The summed E-state index contributed by atoms with van der Waals surface area (Å²) < 4.78 is 0. The van der Waals surface area contributed by atoms with Crippen LogP contribution in [0.2, 0.25) is 0 Å². The van der Waals surface area contributed by atoms with E-state index in [0.29, 0.717) is 0 Å². The van der Waals surface area contributed by atoms with Crippen LogP contribution in [0.3, 0.4) is 0 Å². The van der Waals surface area contributed by atoms with Crippen LogP contribution in [-0.2, 0) is 4.79 Å². The molecule has 0 radical (unpaired) electrons. The third-order valence-corrected chi connectivity index (χ3v) is 2.09. The van der Waals surface area contributed by atoms with Crippen molar-refractivity contribution in [1.29, 1.82) is 0 Å². The number of carbonyl (C=O) groups is 1. The summed E-state index contributed by atoms with van der Waals surface area (Å²) in [4.78, 5) is 11.0. The molecule has 2 heteroatoms. The molecule has 12 heavy (non-hydrogen) atoms. The Labute approximate surface area is 73.1 Å². The van der Waals surface area contributed by atoms with Crippen LogP contribution in [0.1, 0.15) is 20.8 Å². The Morgan fingerprint density at radius 3 is 2.42 bits per heavy atom. The van der Waals surface area contributed by atoms with Gasteiger partial charge in [-0.05, 0) is 11.0 Å². The molecule has 0 bridgehead atoms. The maximum Gasteiger partial charge on any atom is 0.228 e. The first-order chi connectivity index (χ1) is 5.43. The van der Waals surface area contributed by atoms with E-state index in [4.69, 9.17) is 5.73 Å². The molecule has 0 aromatic carbocycles. The monoisotopic (exact) mass is 165 g/mol. The highest BCUT2D eigenvalue weighted by Gasteiger charge is 2.28. The minimum atomic E-state index is -0.259. The van der Waals surface area contributed by atoms with Gasteiger partial charge in [0.1, 0.15) is 0 Å². The highest BCUT2D eigenvalue weighted by molar-refractivity contribution is 5.83. The fourth-order valence-electron chi connectivity index (χ4n) is 1.44. The smallest absolute Gasteiger partial charge is 0.228 e. The van der Waals surface area contributed by atoms with Gasteiger partial charge in [0.15, 0.2) is 0 Å². The zero-order valence-corrected chi connectivity index (χ0v) is 7.79. The van der Waals surface area contributed by atoms with E-state index in [-0.39, 0.29) is 17.2 Å². The third-order valence-electron chi connectivity index (χ3n) is 2.09. The summed E-state index contributed by atoms with van der Waals surface area (Å²) in [6.07, 6.45) is 5.73. The molecule has 0 saturated heterocycles. The van der Waals surface area contributed by atoms with E-state index in [1.54, 1.807) is 0 Å². The molecule has 0 saturated carbocycles. The van der Waals surface area contributed by atoms with Crippen LogP contribution in [0.4, 0.5) is 0 Å². The van der Waals surface area contributed by atoms with E-state index in [2.05, 4.69) is 20.8 Å². The second-order valence-corrected chi connectivity index (χ2v) is 4.14. The molecule has 1 unspecified atom stereocenters. The van der Waals surface area contributed by atoms with E-state index < -0.39 is 0 Å². The predicted octanol–water partition coefficient (Wildman–Crippen LogP) is 1.63. The van der Waals surface area contributed by atoms with Crippen molar-refractivity contribution in [3.05, 3.63) is 23.8 Å². The summed E-state index contributed by atoms with van der Waals surface area (Å²) in [5.41, 5.74) is 6.39. The van der Waals surface area contributed by atoms with E-state index in [0.717, 1.165) is 5.57 Å². The number of hydrogen-bond acceptors (Lipinski definition) is 1. The zero-order chi connectivity index (χ0) is 9.35. The predicted molar refractivity (Wildman–Crippen MR) is 49.4 cm³/mol. The third kappa shape index (κ3) is 1.58. The molecule has 2 nitrogen and oxygen atoms in total. The molecule has 66 valence electrons. The van der Waals surface area contributed by atoms with Crippen LogP contribution in [0.15, 0.2) is 23.8 Å². The maximum atomic E-state index is 11.0. The van der Waals surface area contributed by atoms with Crippen LogP contribution in [0, 0.1) is 11.3 Å². The number of primary amides is 1. The van der Waals surface area contributed by atoms with E-state index >= 15 is 0 Å². The molecular formula is C10H15NO. The van der Waals surface area contributed by atoms with Crippen molar-refractivity contribution in [3.63, 3.8) is 0 Å². The van der Waals surface area contributed by atoms with Gasteiger partial charge in [0.05, 0.1) is 5.92 Å². The average molecular weight is 165 g/mol. The number of hydrogen-bond donors (Lipinski definition) is 1. The summed E-state index contributed by atoms with van der Waals surface area (Å²) >= 11 is 0. The first-order valence-corrected chi connectivity index (χ1v) is 4.11. The van der Waals surface area contributed by atoms with Gasteiger partial charge in [-0.15, -0.1) is 0 Å². The average Bonchev–Trinajstić information content (AvgIpc) is 2.30. The van der Waals surface area contributed by atoms with Crippen molar-refractivity contribution in [3.8, 4) is 0 Å². The second-order valence-electron chi connectivity index (χ2n) is 4.14. The van der Waals surface area contributed by atoms with Gasteiger partial charge in [-0.2, -0.15) is 0 Å². The fourth-order valence-corrected chi connectivity index (χ4v) is 1.44. The summed E-state index contributed by atoms with van der Waals surface area (Å²) in [5.74, 6) is -0.449. The first kappa shape index (κ1) is 9.04. The van der Waals surface area contributed by atoms with Crippen molar-refractivity contribution >= 4 is 5.91 Å². The number of amides is 1. The molecular weight excluding hydrogens is 150 g/mol. The molecule has 1 rings (SSSR count). The van der Waals surface area contributed by atoms with Gasteiger partial charge in [-0.25, -0.2) is 0 Å². The molecule has 1 aliphatic rings. The molecule has 0 aromatic heterocycles. The highest BCUT2D eigenvalue weighted by Crippen LogP contribution is 2.34. The minimum absolute atomic E-state index is 0.0309. The summed E-state index contributed by atoms with van der Waals surface area (Å²) in [6.45, 7) is 6.26. The van der Waals surface area contributed by atoms with Crippen LogP contribution in [0.5, 0.6) is 0 Å². The Hall–Kier alpha value is -1.05. The zero-order valence-electron chi connectivity index (χ0n) is 7.79. The van der Waals surface area contributed by atoms with Crippen molar-refractivity contribution in [1.82, 2.24) is 0 Å². The molecule has 1 amide bonds. The lowest BCUT2D eigenvalue weighted by Gasteiger charge is -2.24. The minimum Gasteiger partial charge on any atom is -0.369 e. The van der Waals surface area contributed by atoms with Gasteiger partial charge < -0.3 is 5.73 Å². The number of nitrogens with two attached hydrogens (primary N) is 1. The van der Waals surface area contributed by atoms with Crippen LogP contribution < -0.4 is 5.73 Å². The van der Waals surface area contributed by atoms with E-state index in [9.17, 15) is 4.79 Å². The Kier molecular flexibility index (Phi) is 2.09. The lowest BCUT2D eigenvalue weighted by Crippen LogP contribution is -2.27. The fraction of sp³-hybridized carbons (Fsp3) is 0.500. The van der Waals surface area contributed by atoms with Gasteiger partial charge in [0.2, 0.25) is 5.91 Å². The molecule has 0 aliphatic heterocycles. The summed E-state index contributed by atoms with van der Waals surface area (Å²) in [5, 5.41) is 0. The molecule has 0 spiro atoms. The quantitative estimate of drug-likeness (QED) is 0.630. The van der Waals surface area contributed by atoms with Crippen molar-refractivity contribution < 1.29 is 4.79 Å². The molecule has 0 fully saturated rings. The van der Waals surface area contributed by atoms with Gasteiger partial charge in [-0.1, -0.05) is 39.0 Å². The van der Waals surface area contributed by atoms with Crippen molar-refractivity contribution in [2.24, 2.45) is 17.1 Å². The molecule has 1 aliphatic carbocycles. The van der Waals surface area contributed by atoms with Gasteiger partial charge in [-0.3, -0.25) is 4.79 Å².